The van der Waals surface area contributed by atoms with Crippen LogP contribution in [0.5, 0.6) is 0 Å². The van der Waals surface area contributed by atoms with Crippen molar-refractivity contribution in [2.75, 3.05) is 6.61 Å². The molecule has 0 spiro atoms. The summed E-state index contributed by atoms with van der Waals surface area (Å²) in [6, 6.07) is 15.7. The first-order valence-corrected chi connectivity index (χ1v) is 13.8. The summed E-state index contributed by atoms with van der Waals surface area (Å²) in [6.45, 7) is 15.0. The number of ketones is 1. The number of carbonyl (C=O) groups is 1. The molecule has 0 N–H and O–H groups in total. The van der Waals surface area contributed by atoms with Gasteiger partial charge >= 0.3 is 0 Å². The van der Waals surface area contributed by atoms with E-state index in [0.717, 1.165) is 30.5 Å². The fraction of sp³-hybridized carbons (Fsp3) is 0.440. The second-order valence-electron chi connectivity index (χ2n) is 9.41. The van der Waals surface area contributed by atoms with Crippen LogP contribution in [0.4, 0.5) is 0 Å². The first kappa shape index (κ1) is 22.4. The van der Waals surface area contributed by atoms with Crippen LogP contribution in [-0.4, -0.2) is 30.3 Å². The number of aromatic nitrogens is 2. The monoisotopic (exact) mass is 422 g/mol. The van der Waals surface area contributed by atoms with Gasteiger partial charge < -0.3 is 8.99 Å². The molecule has 0 amide bonds. The summed E-state index contributed by atoms with van der Waals surface area (Å²) in [6.07, 6.45) is 1.95. The quantitative estimate of drug-likeness (QED) is 0.245. The van der Waals surface area contributed by atoms with E-state index in [1.54, 1.807) is 0 Å². The van der Waals surface area contributed by atoms with Gasteiger partial charge in [0, 0.05) is 18.7 Å². The van der Waals surface area contributed by atoms with Gasteiger partial charge in [-0.05, 0) is 55.6 Å². The third-order valence-corrected chi connectivity index (χ3v) is 10.8. The van der Waals surface area contributed by atoms with Crippen molar-refractivity contribution >= 4 is 25.1 Å². The maximum atomic E-state index is 13.0. The van der Waals surface area contributed by atoms with Gasteiger partial charge in [0.25, 0.3) is 0 Å². The lowest BCUT2D eigenvalue weighted by molar-refractivity contribution is 0.102. The summed E-state index contributed by atoms with van der Waals surface area (Å²) in [5, 5.41) is 0.237. The average Bonchev–Trinajstić information content (AvgIpc) is 3.08. The number of nitrogens with zero attached hydrogens (tertiary/aromatic N) is 2. The molecule has 0 aliphatic heterocycles. The highest BCUT2D eigenvalue weighted by Gasteiger charge is 2.36. The maximum absolute atomic E-state index is 13.0. The Kier molecular flexibility index (Phi) is 6.63. The molecule has 0 aliphatic rings. The fourth-order valence-corrected chi connectivity index (χ4v) is 4.44. The van der Waals surface area contributed by atoms with E-state index >= 15 is 0 Å². The zero-order chi connectivity index (χ0) is 21.9. The zero-order valence-electron chi connectivity index (χ0n) is 19.2. The molecule has 0 saturated heterocycles. The van der Waals surface area contributed by atoms with Crippen molar-refractivity contribution in [3.05, 3.63) is 65.5 Å². The van der Waals surface area contributed by atoms with Crippen molar-refractivity contribution in [3.63, 3.8) is 0 Å². The molecule has 0 bridgehead atoms. The Hall–Kier alpha value is -2.24. The highest BCUT2D eigenvalue weighted by Crippen LogP contribution is 2.36. The van der Waals surface area contributed by atoms with Gasteiger partial charge in [-0.15, -0.1) is 0 Å². The third-order valence-electron chi connectivity index (χ3n) is 6.25. The number of imidazole rings is 1. The number of hydrogen-bond acceptors (Lipinski definition) is 3. The number of aryl methyl sites for hydroxylation is 2. The molecule has 0 fully saturated rings. The maximum Gasteiger partial charge on any atom is 0.228 e. The van der Waals surface area contributed by atoms with Crippen LogP contribution in [0, 0.1) is 0 Å². The van der Waals surface area contributed by atoms with Crippen molar-refractivity contribution in [2.24, 2.45) is 0 Å². The van der Waals surface area contributed by atoms with E-state index in [4.69, 9.17) is 4.43 Å². The third kappa shape index (κ3) is 4.73. The second-order valence-corrected chi connectivity index (χ2v) is 14.2. The Balaban J connectivity index is 1.75. The van der Waals surface area contributed by atoms with Gasteiger partial charge in [0.05, 0.1) is 11.0 Å². The van der Waals surface area contributed by atoms with Crippen molar-refractivity contribution < 1.29 is 9.22 Å². The minimum Gasteiger partial charge on any atom is -0.417 e. The van der Waals surface area contributed by atoms with E-state index in [0.29, 0.717) is 17.9 Å². The lowest BCUT2D eigenvalue weighted by Gasteiger charge is -2.36. The van der Waals surface area contributed by atoms with Crippen molar-refractivity contribution in [1.29, 1.82) is 0 Å². The standard InChI is InChI=1S/C25H34N2O2Si/c1-7-27-22-18-19(12-11-17-29-30(5,6)25(2,3)4)15-16-21(22)26-24(27)23(28)20-13-9-8-10-14-20/h8-10,13-16,18H,7,11-12,17H2,1-6H3. The smallest absolute Gasteiger partial charge is 0.228 e. The van der Waals surface area contributed by atoms with Crippen LogP contribution < -0.4 is 0 Å². The van der Waals surface area contributed by atoms with Gasteiger partial charge in [0.1, 0.15) is 0 Å². The number of fused-ring (bicyclic) bond motifs is 1. The van der Waals surface area contributed by atoms with E-state index in [2.05, 4.69) is 57.9 Å². The molecule has 1 aromatic heterocycles. The predicted molar refractivity (Wildman–Crippen MR) is 127 cm³/mol. The van der Waals surface area contributed by atoms with E-state index in [1.165, 1.54) is 5.56 Å². The minimum absolute atomic E-state index is 0.0297. The highest BCUT2D eigenvalue weighted by atomic mass is 28.4. The Labute approximate surface area is 181 Å². The fourth-order valence-electron chi connectivity index (χ4n) is 3.36. The topological polar surface area (TPSA) is 44.1 Å². The molecule has 0 unspecified atom stereocenters. The lowest BCUT2D eigenvalue weighted by Crippen LogP contribution is -2.41. The zero-order valence-corrected chi connectivity index (χ0v) is 20.2. The first-order valence-electron chi connectivity index (χ1n) is 10.9. The molecule has 0 atom stereocenters. The van der Waals surface area contributed by atoms with Crippen LogP contribution in [-0.2, 0) is 17.4 Å². The molecule has 2 aromatic carbocycles. The summed E-state index contributed by atoms with van der Waals surface area (Å²) in [7, 11) is -1.69. The molecular formula is C25H34N2O2Si. The number of carbonyl (C=O) groups excluding carboxylic acids is 1. The number of benzene rings is 2. The normalized spacial score (nSPS) is 12.5. The van der Waals surface area contributed by atoms with Crippen molar-refractivity contribution in [3.8, 4) is 0 Å². The Morgan fingerprint density at radius 3 is 2.43 bits per heavy atom. The SMILES string of the molecule is CCn1c(C(=O)c2ccccc2)nc2ccc(CCCO[Si](C)(C)C(C)(C)C)cc21. The molecule has 1 heterocycles. The number of hydrogen-bond donors (Lipinski definition) is 0. The summed E-state index contributed by atoms with van der Waals surface area (Å²) < 4.78 is 8.34. The lowest BCUT2D eigenvalue weighted by atomic mass is 10.1. The Morgan fingerprint density at radius 1 is 1.10 bits per heavy atom. The summed E-state index contributed by atoms with van der Waals surface area (Å²) >= 11 is 0. The first-order chi connectivity index (χ1) is 14.1. The van der Waals surface area contributed by atoms with Gasteiger partial charge in [-0.1, -0.05) is 57.2 Å². The van der Waals surface area contributed by atoms with Gasteiger partial charge in [-0.3, -0.25) is 4.79 Å². The molecule has 160 valence electrons. The molecular weight excluding hydrogens is 388 g/mol. The largest absolute Gasteiger partial charge is 0.417 e. The van der Waals surface area contributed by atoms with Gasteiger partial charge in [-0.2, -0.15) is 0 Å². The van der Waals surface area contributed by atoms with Crippen LogP contribution in [0.3, 0.4) is 0 Å². The molecule has 30 heavy (non-hydrogen) atoms. The number of rotatable bonds is 8. The molecule has 0 saturated carbocycles. The minimum atomic E-state index is -1.69. The average molecular weight is 423 g/mol. The molecule has 4 nitrogen and oxygen atoms in total. The molecule has 0 aliphatic carbocycles. The molecule has 3 rings (SSSR count). The molecule has 0 radical (unpaired) electrons. The predicted octanol–water partition coefficient (Wildman–Crippen LogP) is 6.24. The van der Waals surface area contributed by atoms with Crippen LogP contribution in [0.2, 0.25) is 18.1 Å². The van der Waals surface area contributed by atoms with Gasteiger partial charge in [-0.25, -0.2) is 4.98 Å². The molecule has 3 aromatic rings. The van der Waals surface area contributed by atoms with Gasteiger partial charge in [0.2, 0.25) is 5.78 Å². The van der Waals surface area contributed by atoms with E-state index in [9.17, 15) is 4.79 Å². The van der Waals surface area contributed by atoms with E-state index in [-0.39, 0.29) is 10.8 Å². The van der Waals surface area contributed by atoms with E-state index in [1.807, 2.05) is 41.0 Å². The molecule has 5 heteroatoms. The van der Waals surface area contributed by atoms with Crippen LogP contribution in [0.1, 0.15) is 55.9 Å². The van der Waals surface area contributed by atoms with Crippen molar-refractivity contribution in [2.45, 2.75) is 65.2 Å². The van der Waals surface area contributed by atoms with Crippen LogP contribution in [0.15, 0.2) is 48.5 Å². The Morgan fingerprint density at radius 2 is 1.80 bits per heavy atom. The summed E-state index contributed by atoms with van der Waals surface area (Å²) in [4.78, 5) is 17.6. The van der Waals surface area contributed by atoms with Crippen LogP contribution in [0.25, 0.3) is 11.0 Å². The van der Waals surface area contributed by atoms with E-state index < -0.39 is 8.32 Å². The van der Waals surface area contributed by atoms with Crippen molar-refractivity contribution in [1.82, 2.24) is 9.55 Å². The highest BCUT2D eigenvalue weighted by molar-refractivity contribution is 6.74. The van der Waals surface area contributed by atoms with Crippen LogP contribution >= 0.6 is 0 Å². The second kappa shape index (κ2) is 8.86. The summed E-state index contributed by atoms with van der Waals surface area (Å²) in [5.74, 6) is 0.482. The van der Waals surface area contributed by atoms with Gasteiger partial charge in [0.15, 0.2) is 14.1 Å². The Bertz CT molecular complexity index is 1020. The summed E-state index contributed by atoms with van der Waals surface area (Å²) in [5.41, 5.74) is 3.83.